The van der Waals surface area contributed by atoms with E-state index < -0.39 is 11.7 Å². The predicted molar refractivity (Wildman–Crippen MR) is 105 cm³/mol. The molecule has 0 aliphatic carbocycles. The lowest BCUT2D eigenvalue weighted by Crippen LogP contribution is -2.28. The van der Waals surface area contributed by atoms with Crippen molar-refractivity contribution in [3.05, 3.63) is 48.3 Å². The van der Waals surface area contributed by atoms with Gasteiger partial charge in [0.2, 0.25) is 0 Å². The van der Waals surface area contributed by atoms with Crippen molar-refractivity contribution in [1.82, 2.24) is 9.88 Å². The minimum atomic E-state index is -0.551. The average Bonchev–Trinajstić information content (AvgIpc) is 3.15. The minimum absolute atomic E-state index is 0.0425. The molecule has 1 N–H and O–H groups in total. The molecule has 1 aromatic heterocycles. The van der Waals surface area contributed by atoms with Crippen molar-refractivity contribution in [2.45, 2.75) is 39.2 Å². The third-order valence-electron chi connectivity index (χ3n) is 4.29. The highest BCUT2D eigenvalue weighted by molar-refractivity contribution is 6.00. The summed E-state index contributed by atoms with van der Waals surface area (Å²) in [6.45, 7) is 7.06. The zero-order valence-electron chi connectivity index (χ0n) is 16.0. The third-order valence-corrected chi connectivity index (χ3v) is 4.29. The van der Waals surface area contributed by atoms with Crippen LogP contribution in [0, 0.1) is 0 Å². The van der Waals surface area contributed by atoms with Crippen molar-refractivity contribution in [3.63, 3.8) is 0 Å². The summed E-state index contributed by atoms with van der Waals surface area (Å²) in [4.78, 5) is 30.8. The van der Waals surface area contributed by atoms with Crippen molar-refractivity contribution in [2.24, 2.45) is 0 Å². The van der Waals surface area contributed by atoms with Gasteiger partial charge in [0.05, 0.1) is 5.56 Å². The van der Waals surface area contributed by atoms with E-state index in [1.165, 1.54) is 0 Å². The molecule has 0 spiro atoms. The molecule has 3 rings (SSSR count). The molecule has 6 heteroatoms. The van der Waals surface area contributed by atoms with E-state index in [4.69, 9.17) is 4.74 Å². The van der Waals surface area contributed by atoms with E-state index in [9.17, 15) is 9.59 Å². The second-order valence-corrected chi connectivity index (χ2v) is 7.62. The van der Waals surface area contributed by atoms with Gasteiger partial charge in [0.15, 0.2) is 0 Å². The highest BCUT2D eigenvalue weighted by Crippen LogP contribution is 2.26. The van der Waals surface area contributed by atoms with Gasteiger partial charge in [-0.15, -0.1) is 0 Å². The lowest BCUT2D eigenvalue weighted by atomic mass is 10.0. The Morgan fingerprint density at radius 3 is 2.37 bits per heavy atom. The van der Waals surface area contributed by atoms with Crippen LogP contribution in [0.3, 0.4) is 0 Å². The van der Waals surface area contributed by atoms with Gasteiger partial charge in [-0.1, -0.05) is 12.1 Å². The zero-order valence-corrected chi connectivity index (χ0v) is 16.0. The second kappa shape index (κ2) is 7.78. The smallest absolute Gasteiger partial charge is 0.412 e. The molecule has 2 heterocycles. The maximum atomic E-state index is 12.8. The number of ether oxygens (including phenoxy) is 1. The molecule has 142 valence electrons. The van der Waals surface area contributed by atoms with Crippen LogP contribution in [0.5, 0.6) is 0 Å². The van der Waals surface area contributed by atoms with Crippen LogP contribution < -0.4 is 5.32 Å². The summed E-state index contributed by atoms with van der Waals surface area (Å²) in [5.41, 5.74) is 2.40. The summed E-state index contributed by atoms with van der Waals surface area (Å²) in [7, 11) is 0. The number of hydrogen-bond acceptors (Lipinski definition) is 4. The summed E-state index contributed by atoms with van der Waals surface area (Å²) >= 11 is 0. The minimum Gasteiger partial charge on any atom is -0.444 e. The highest BCUT2D eigenvalue weighted by atomic mass is 16.6. The van der Waals surface area contributed by atoms with Gasteiger partial charge in [0.25, 0.3) is 5.91 Å². The summed E-state index contributed by atoms with van der Waals surface area (Å²) in [6, 6.07) is 9.07. The molecular weight excluding hydrogens is 342 g/mol. The molecule has 6 nitrogen and oxygen atoms in total. The van der Waals surface area contributed by atoms with Gasteiger partial charge in [0, 0.05) is 36.7 Å². The van der Waals surface area contributed by atoms with Crippen LogP contribution in [0.4, 0.5) is 10.5 Å². The van der Waals surface area contributed by atoms with Crippen molar-refractivity contribution < 1.29 is 14.3 Å². The molecule has 0 bridgehead atoms. The number of pyridine rings is 1. The lowest BCUT2D eigenvalue weighted by Gasteiger charge is -2.20. The first-order valence-electron chi connectivity index (χ1n) is 9.17. The Morgan fingerprint density at radius 1 is 1.07 bits per heavy atom. The highest BCUT2D eigenvalue weighted by Gasteiger charge is 2.22. The van der Waals surface area contributed by atoms with E-state index in [-0.39, 0.29) is 5.91 Å². The zero-order chi connectivity index (χ0) is 19.4. The van der Waals surface area contributed by atoms with E-state index in [1.54, 1.807) is 30.6 Å². The molecule has 0 radical (unpaired) electrons. The molecule has 1 aliphatic rings. The summed E-state index contributed by atoms with van der Waals surface area (Å²) < 4.78 is 5.25. The average molecular weight is 367 g/mol. The SMILES string of the molecule is CC(C)(C)OC(=O)Nc1ccc(-c2cnccc2C(=O)N2CCCC2)cc1. The standard InChI is InChI=1S/C21H25N3O3/c1-21(2,3)27-20(26)23-16-8-6-15(7-9-16)18-14-22-11-10-17(18)19(25)24-12-4-5-13-24/h6-11,14H,4-5,12-13H2,1-3H3,(H,23,26). The Labute approximate surface area is 159 Å². The van der Waals surface area contributed by atoms with Gasteiger partial charge in [-0.3, -0.25) is 15.1 Å². The first-order chi connectivity index (χ1) is 12.8. The molecule has 0 unspecified atom stereocenters. The predicted octanol–water partition coefficient (Wildman–Crippen LogP) is 4.33. The van der Waals surface area contributed by atoms with Crippen LogP contribution in [-0.4, -0.2) is 40.6 Å². The second-order valence-electron chi connectivity index (χ2n) is 7.62. The maximum Gasteiger partial charge on any atom is 0.412 e. The summed E-state index contributed by atoms with van der Waals surface area (Å²) in [5.74, 6) is 0.0425. The fourth-order valence-corrected chi connectivity index (χ4v) is 3.06. The lowest BCUT2D eigenvalue weighted by molar-refractivity contribution is 0.0635. The van der Waals surface area contributed by atoms with E-state index in [2.05, 4.69) is 10.3 Å². The fourth-order valence-electron chi connectivity index (χ4n) is 3.06. The third kappa shape index (κ3) is 4.84. The van der Waals surface area contributed by atoms with Crippen molar-refractivity contribution >= 4 is 17.7 Å². The summed E-state index contributed by atoms with van der Waals surface area (Å²) in [5, 5.41) is 2.71. The number of carbonyl (C=O) groups excluding carboxylic acids is 2. The number of nitrogens with zero attached hydrogens (tertiary/aromatic N) is 2. The van der Waals surface area contributed by atoms with Gasteiger partial charge in [-0.2, -0.15) is 0 Å². The molecule has 1 aromatic carbocycles. The Morgan fingerprint density at radius 2 is 1.74 bits per heavy atom. The molecule has 1 saturated heterocycles. The topological polar surface area (TPSA) is 71.5 Å². The normalized spacial score (nSPS) is 14.1. The molecule has 1 aliphatic heterocycles. The van der Waals surface area contributed by atoms with Crippen LogP contribution in [0.1, 0.15) is 44.0 Å². The number of nitrogens with one attached hydrogen (secondary N) is 1. The van der Waals surface area contributed by atoms with Crippen molar-refractivity contribution in [1.29, 1.82) is 0 Å². The Bertz CT molecular complexity index is 819. The van der Waals surface area contributed by atoms with E-state index in [1.807, 2.05) is 37.8 Å². The monoisotopic (exact) mass is 367 g/mol. The van der Waals surface area contributed by atoms with E-state index >= 15 is 0 Å². The number of hydrogen-bond donors (Lipinski definition) is 1. The number of rotatable bonds is 3. The Kier molecular flexibility index (Phi) is 5.44. The van der Waals surface area contributed by atoms with Crippen LogP contribution in [0.25, 0.3) is 11.1 Å². The number of aromatic nitrogens is 1. The number of likely N-dealkylation sites (tertiary alicyclic amines) is 1. The van der Waals surface area contributed by atoms with Crippen LogP contribution >= 0.6 is 0 Å². The number of carbonyl (C=O) groups is 2. The molecule has 0 saturated carbocycles. The molecule has 0 atom stereocenters. The van der Waals surface area contributed by atoms with Crippen LogP contribution in [0.15, 0.2) is 42.7 Å². The number of amides is 2. The largest absolute Gasteiger partial charge is 0.444 e. The van der Waals surface area contributed by atoms with Gasteiger partial charge >= 0.3 is 6.09 Å². The number of anilines is 1. The molecule has 2 aromatic rings. The molecule has 1 fully saturated rings. The fraction of sp³-hybridized carbons (Fsp3) is 0.381. The Hall–Kier alpha value is -2.89. The number of benzene rings is 1. The van der Waals surface area contributed by atoms with Gasteiger partial charge in [0.1, 0.15) is 5.60 Å². The van der Waals surface area contributed by atoms with Gasteiger partial charge < -0.3 is 9.64 Å². The van der Waals surface area contributed by atoms with E-state index in [0.717, 1.165) is 37.1 Å². The maximum absolute atomic E-state index is 12.8. The molecular formula is C21H25N3O3. The van der Waals surface area contributed by atoms with E-state index in [0.29, 0.717) is 11.3 Å². The molecule has 2 amide bonds. The Balaban J connectivity index is 1.77. The van der Waals surface area contributed by atoms with Crippen LogP contribution in [-0.2, 0) is 4.74 Å². The molecule has 27 heavy (non-hydrogen) atoms. The van der Waals surface area contributed by atoms with Crippen molar-refractivity contribution in [2.75, 3.05) is 18.4 Å². The first-order valence-corrected chi connectivity index (χ1v) is 9.17. The van der Waals surface area contributed by atoms with Crippen molar-refractivity contribution in [3.8, 4) is 11.1 Å². The summed E-state index contributed by atoms with van der Waals surface area (Å²) in [6.07, 6.45) is 4.96. The van der Waals surface area contributed by atoms with Gasteiger partial charge in [-0.05, 0) is 57.4 Å². The quantitative estimate of drug-likeness (QED) is 0.876. The van der Waals surface area contributed by atoms with Crippen LogP contribution in [0.2, 0.25) is 0 Å². The first kappa shape index (κ1) is 18.9. The van der Waals surface area contributed by atoms with Gasteiger partial charge in [-0.25, -0.2) is 4.79 Å².